The molecule has 0 saturated heterocycles. The lowest BCUT2D eigenvalue weighted by Crippen LogP contribution is -2.66. The Morgan fingerprint density at radius 2 is 1.59 bits per heavy atom. The van der Waals surface area contributed by atoms with E-state index in [0.29, 0.717) is 29.3 Å². The van der Waals surface area contributed by atoms with Crippen molar-refractivity contribution in [3.63, 3.8) is 0 Å². The zero-order chi connectivity index (χ0) is 24.9. The van der Waals surface area contributed by atoms with Crippen LogP contribution >= 0.6 is 0 Å². The minimum absolute atomic E-state index is 0.101. The molecule has 0 amide bonds. The monoisotopic (exact) mass is 472 g/mol. The molecule has 2 unspecified atom stereocenters. The quantitative estimate of drug-likeness (QED) is 0.436. The molecule has 0 heterocycles. The molecule has 0 aromatic heterocycles. The fourth-order valence-corrected chi connectivity index (χ4v) is 11.0. The zero-order valence-corrected chi connectivity index (χ0v) is 23.3. The maximum Gasteiger partial charge on any atom is 0.0635 e. The average molecular weight is 473 g/mol. The highest BCUT2D eigenvalue weighted by Crippen LogP contribution is 2.75. The van der Waals surface area contributed by atoms with Crippen molar-refractivity contribution in [2.24, 2.45) is 50.2 Å². The van der Waals surface area contributed by atoms with Gasteiger partial charge in [-0.3, -0.25) is 0 Å². The van der Waals surface area contributed by atoms with Gasteiger partial charge in [-0.2, -0.15) is 0 Å². The number of rotatable bonds is 2. The first kappa shape index (κ1) is 25.3. The Balaban J connectivity index is 1.58. The van der Waals surface area contributed by atoms with E-state index in [4.69, 9.17) is 4.74 Å². The lowest BCUT2D eigenvalue weighted by Gasteiger charge is -2.71. The first-order chi connectivity index (χ1) is 15.7. The number of aliphatic hydroxyl groups excluding tert-OH is 2. The van der Waals surface area contributed by atoms with E-state index in [9.17, 15) is 10.2 Å². The Bertz CT molecular complexity index is 863. The van der Waals surface area contributed by atoms with Crippen molar-refractivity contribution in [2.45, 2.75) is 118 Å². The van der Waals surface area contributed by atoms with E-state index in [1.165, 1.54) is 32.1 Å². The number of aliphatic hydroxyl groups is 2. The maximum atomic E-state index is 11.0. The van der Waals surface area contributed by atoms with Crippen LogP contribution in [0.3, 0.4) is 0 Å². The van der Waals surface area contributed by atoms with E-state index >= 15 is 0 Å². The standard InChI is InChI=1S/C31H52O3/c1-26(2)17-21-20-9-10-23-28(4)13-12-24(33)29(5,19-32)22(28)11-14-31(23,7)30(20,6)16-15-27(21,3)25(18-26)34-8/h9,21-25,32-33H,10-19H2,1-8H3/t21-,22?,23-,24?,25-,27-,28+,29+,30-,31-/m1/s1. The van der Waals surface area contributed by atoms with Crippen LogP contribution in [0.1, 0.15) is 106 Å². The van der Waals surface area contributed by atoms with Crippen molar-refractivity contribution < 1.29 is 14.9 Å². The van der Waals surface area contributed by atoms with Crippen LogP contribution in [0.4, 0.5) is 0 Å². The molecule has 3 nitrogen and oxygen atoms in total. The van der Waals surface area contributed by atoms with Gasteiger partial charge in [0.2, 0.25) is 0 Å². The number of hydrogen-bond donors (Lipinski definition) is 2. The summed E-state index contributed by atoms with van der Waals surface area (Å²) in [6.45, 7) is 17.5. The van der Waals surface area contributed by atoms with Crippen LogP contribution in [0.2, 0.25) is 0 Å². The predicted molar refractivity (Wildman–Crippen MR) is 138 cm³/mol. The fraction of sp³-hybridized carbons (Fsp3) is 0.935. The van der Waals surface area contributed by atoms with Gasteiger partial charge >= 0.3 is 0 Å². The largest absolute Gasteiger partial charge is 0.396 e. The number of fused-ring (bicyclic) bond motifs is 7. The van der Waals surface area contributed by atoms with Gasteiger partial charge in [0.05, 0.1) is 18.8 Å². The predicted octanol–water partition coefficient (Wildman–Crippen LogP) is 6.77. The molecule has 10 atom stereocenters. The van der Waals surface area contributed by atoms with Gasteiger partial charge in [-0.25, -0.2) is 0 Å². The molecule has 0 bridgehead atoms. The Kier molecular flexibility index (Phi) is 5.63. The van der Waals surface area contributed by atoms with Gasteiger partial charge in [-0.05, 0) is 97.2 Å². The summed E-state index contributed by atoms with van der Waals surface area (Å²) >= 11 is 0. The molecule has 2 N–H and O–H groups in total. The third-order valence-corrected chi connectivity index (χ3v) is 13.5. The van der Waals surface area contributed by atoms with Gasteiger partial charge < -0.3 is 14.9 Å². The summed E-state index contributed by atoms with van der Waals surface area (Å²) < 4.78 is 6.20. The minimum atomic E-state index is -0.379. The molecular weight excluding hydrogens is 420 g/mol. The lowest BCUT2D eigenvalue weighted by molar-refractivity contribution is -0.219. The van der Waals surface area contributed by atoms with Crippen LogP contribution < -0.4 is 0 Å². The first-order valence-electron chi connectivity index (χ1n) is 14.2. The number of ether oxygens (including phenoxy) is 1. The molecule has 34 heavy (non-hydrogen) atoms. The van der Waals surface area contributed by atoms with Crippen molar-refractivity contribution in [3.8, 4) is 0 Å². The molecule has 0 aliphatic heterocycles. The van der Waals surface area contributed by atoms with Gasteiger partial charge in [0, 0.05) is 17.9 Å². The molecule has 4 saturated carbocycles. The van der Waals surface area contributed by atoms with Crippen LogP contribution in [-0.4, -0.2) is 36.1 Å². The molecule has 0 aromatic rings. The molecule has 5 aliphatic carbocycles. The third kappa shape index (κ3) is 2.99. The second-order valence-corrected chi connectivity index (χ2v) is 15.4. The van der Waals surface area contributed by atoms with Crippen LogP contribution in [0, 0.1) is 50.2 Å². The van der Waals surface area contributed by atoms with E-state index in [0.717, 1.165) is 25.7 Å². The van der Waals surface area contributed by atoms with Crippen molar-refractivity contribution in [3.05, 3.63) is 11.6 Å². The fourth-order valence-electron chi connectivity index (χ4n) is 11.0. The van der Waals surface area contributed by atoms with Gasteiger partial charge in [0.1, 0.15) is 0 Å². The molecule has 5 rings (SSSR count). The Hall–Kier alpha value is -0.380. The van der Waals surface area contributed by atoms with Crippen molar-refractivity contribution in [1.82, 2.24) is 0 Å². The van der Waals surface area contributed by atoms with Gasteiger partial charge in [0.25, 0.3) is 0 Å². The van der Waals surface area contributed by atoms with Crippen LogP contribution in [-0.2, 0) is 4.74 Å². The summed E-state index contributed by atoms with van der Waals surface area (Å²) in [6, 6.07) is 0. The highest BCUT2D eigenvalue weighted by molar-refractivity contribution is 5.34. The number of allylic oxidation sites excluding steroid dienone is 2. The Labute approximate surface area is 209 Å². The van der Waals surface area contributed by atoms with E-state index in [1.54, 1.807) is 5.57 Å². The van der Waals surface area contributed by atoms with Crippen molar-refractivity contribution in [2.75, 3.05) is 13.7 Å². The average Bonchev–Trinajstić information content (AvgIpc) is 2.77. The molecule has 3 heteroatoms. The maximum absolute atomic E-state index is 11.0. The molecule has 0 radical (unpaired) electrons. The SMILES string of the molecule is CO[C@@H]1CC(C)(C)C[C@@H]2C3=CC[C@@H]4[C@@]5(C)CCC(O)[C@@](C)(CO)C5CC[C@@]4(C)[C@]3(C)CC[C@]21C. The van der Waals surface area contributed by atoms with Crippen molar-refractivity contribution in [1.29, 1.82) is 0 Å². The Morgan fingerprint density at radius 1 is 0.882 bits per heavy atom. The van der Waals surface area contributed by atoms with Gasteiger partial charge in [-0.15, -0.1) is 0 Å². The number of hydrogen-bond acceptors (Lipinski definition) is 3. The summed E-state index contributed by atoms with van der Waals surface area (Å²) in [7, 11) is 1.94. The summed E-state index contributed by atoms with van der Waals surface area (Å²) in [5, 5.41) is 21.4. The summed E-state index contributed by atoms with van der Waals surface area (Å²) in [5.41, 5.74) is 2.62. The highest BCUT2D eigenvalue weighted by Gasteiger charge is 2.69. The van der Waals surface area contributed by atoms with Gasteiger partial charge in [-0.1, -0.05) is 60.1 Å². The third-order valence-electron chi connectivity index (χ3n) is 13.5. The van der Waals surface area contributed by atoms with Gasteiger partial charge in [0.15, 0.2) is 0 Å². The normalized spacial score (nSPS) is 56.4. The number of methoxy groups -OCH3 is 1. The molecule has 194 valence electrons. The summed E-state index contributed by atoms with van der Waals surface area (Å²) in [5.74, 6) is 1.62. The van der Waals surface area contributed by atoms with Crippen LogP contribution in [0.25, 0.3) is 0 Å². The molecule has 0 aromatic carbocycles. The summed E-state index contributed by atoms with van der Waals surface area (Å²) in [4.78, 5) is 0. The summed E-state index contributed by atoms with van der Waals surface area (Å²) in [6.07, 6.45) is 13.1. The second kappa shape index (κ2) is 7.57. The van der Waals surface area contributed by atoms with E-state index in [1.807, 2.05) is 7.11 Å². The minimum Gasteiger partial charge on any atom is -0.396 e. The van der Waals surface area contributed by atoms with E-state index < -0.39 is 0 Å². The van der Waals surface area contributed by atoms with E-state index in [-0.39, 0.29) is 39.8 Å². The highest BCUT2D eigenvalue weighted by atomic mass is 16.5. The first-order valence-corrected chi connectivity index (χ1v) is 14.2. The lowest BCUT2D eigenvalue weighted by atomic mass is 9.33. The zero-order valence-electron chi connectivity index (χ0n) is 23.3. The van der Waals surface area contributed by atoms with E-state index in [2.05, 4.69) is 54.5 Å². The Morgan fingerprint density at radius 3 is 2.24 bits per heavy atom. The molecule has 5 aliphatic rings. The molecule has 0 spiro atoms. The van der Waals surface area contributed by atoms with Crippen molar-refractivity contribution >= 4 is 0 Å². The topological polar surface area (TPSA) is 49.7 Å². The second-order valence-electron chi connectivity index (χ2n) is 15.4. The van der Waals surface area contributed by atoms with Crippen LogP contribution in [0.15, 0.2) is 11.6 Å². The molecule has 4 fully saturated rings. The molecular formula is C31H52O3. The smallest absolute Gasteiger partial charge is 0.0635 e. The van der Waals surface area contributed by atoms with Crippen LogP contribution in [0.5, 0.6) is 0 Å².